The quantitative estimate of drug-likeness (QED) is 0.531. The monoisotopic (exact) mass is 384 g/mol. The number of nitrogens with zero attached hydrogens (tertiary/aromatic N) is 3. The largest absolute Gasteiger partial charge is 0.348 e. The first-order valence-electron chi connectivity index (χ1n) is 9.82. The van der Waals surface area contributed by atoms with E-state index in [0.717, 1.165) is 34.3 Å². The molecular formula is C24H24N4O. The summed E-state index contributed by atoms with van der Waals surface area (Å²) in [6.45, 7) is 5.37. The lowest BCUT2D eigenvalue weighted by atomic mass is 10.0. The molecular weight excluding hydrogens is 360 g/mol. The molecule has 2 aromatic carbocycles. The van der Waals surface area contributed by atoms with E-state index in [0.29, 0.717) is 12.1 Å². The summed E-state index contributed by atoms with van der Waals surface area (Å²) >= 11 is 0. The SMILES string of the molecule is CC(C)c1cc(C(=O)NCc2ccccc2Cn2ccnc2)c2ccccc2n1. The number of carbonyl (C=O) groups is 1. The lowest BCUT2D eigenvalue weighted by Crippen LogP contribution is -2.24. The summed E-state index contributed by atoms with van der Waals surface area (Å²) in [6, 6.07) is 17.9. The Balaban J connectivity index is 1.58. The molecule has 2 aromatic heterocycles. The zero-order chi connectivity index (χ0) is 20.2. The maximum Gasteiger partial charge on any atom is 0.252 e. The molecule has 0 atom stereocenters. The number of nitrogens with one attached hydrogen (secondary N) is 1. The molecule has 146 valence electrons. The van der Waals surface area contributed by atoms with E-state index in [9.17, 15) is 4.79 Å². The fourth-order valence-electron chi connectivity index (χ4n) is 3.41. The molecule has 4 rings (SSSR count). The number of carbonyl (C=O) groups excluding carboxylic acids is 1. The van der Waals surface area contributed by atoms with Gasteiger partial charge in [-0.25, -0.2) is 4.98 Å². The molecule has 0 aliphatic rings. The van der Waals surface area contributed by atoms with Crippen molar-refractivity contribution in [3.05, 3.63) is 95.7 Å². The molecule has 1 amide bonds. The molecule has 0 bridgehead atoms. The number of pyridine rings is 1. The zero-order valence-corrected chi connectivity index (χ0v) is 16.7. The summed E-state index contributed by atoms with van der Waals surface area (Å²) in [5.74, 6) is 0.171. The summed E-state index contributed by atoms with van der Waals surface area (Å²) in [6.07, 6.45) is 5.50. The van der Waals surface area contributed by atoms with Gasteiger partial charge in [-0.15, -0.1) is 0 Å². The molecule has 0 saturated heterocycles. The van der Waals surface area contributed by atoms with Crippen molar-refractivity contribution in [3.63, 3.8) is 0 Å². The minimum Gasteiger partial charge on any atom is -0.348 e. The van der Waals surface area contributed by atoms with Crippen LogP contribution in [0.3, 0.4) is 0 Å². The Morgan fingerprint density at radius 3 is 2.59 bits per heavy atom. The van der Waals surface area contributed by atoms with Crippen LogP contribution in [0.5, 0.6) is 0 Å². The van der Waals surface area contributed by atoms with Crippen LogP contribution in [0.1, 0.15) is 46.9 Å². The van der Waals surface area contributed by atoms with Crippen LogP contribution in [0, 0.1) is 0 Å². The van der Waals surface area contributed by atoms with Crippen molar-refractivity contribution < 1.29 is 4.79 Å². The molecule has 0 aliphatic heterocycles. The van der Waals surface area contributed by atoms with Crippen molar-refractivity contribution in [2.45, 2.75) is 32.9 Å². The fourth-order valence-corrected chi connectivity index (χ4v) is 3.41. The summed E-state index contributed by atoms with van der Waals surface area (Å²) in [5, 5.41) is 3.98. The van der Waals surface area contributed by atoms with Crippen molar-refractivity contribution >= 4 is 16.8 Å². The molecule has 5 heteroatoms. The highest BCUT2D eigenvalue weighted by atomic mass is 16.1. The molecule has 5 nitrogen and oxygen atoms in total. The molecule has 0 aliphatic carbocycles. The van der Waals surface area contributed by atoms with Gasteiger partial charge in [0.15, 0.2) is 0 Å². The van der Waals surface area contributed by atoms with Gasteiger partial charge in [-0.1, -0.05) is 56.3 Å². The maximum absolute atomic E-state index is 13.1. The fraction of sp³-hybridized carbons (Fsp3) is 0.208. The summed E-state index contributed by atoms with van der Waals surface area (Å²) < 4.78 is 2.02. The predicted molar refractivity (Wildman–Crippen MR) is 115 cm³/mol. The third kappa shape index (κ3) is 4.19. The van der Waals surface area contributed by atoms with E-state index in [2.05, 4.69) is 36.3 Å². The van der Waals surface area contributed by atoms with E-state index < -0.39 is 0 Å². The molecule has 0 saturated carbocycles. The molecule has 0 spiro atoms. The number of imidazole rings is 1. The van der Waals surface area contributed by atoms with E-state index >= 15 is 0 Å². The Hall–Kier alpha value is -3.47. The van der Waals surface area contributed by atoms with Crippen LogP contribution in [0.4, 0.5) is 0 Å². The standard InChI is InChI=1S/C24H24N4O/c1-17(2)23-13-21(20-9-5-6-10-22(20)27-23)24(29)26-14-18-7-3-4-8-19(18)15-28-12-11-25-16-28/h3-13,16-17H,14-15H2,1-2H3,(H,26,29). The van der Waals surface area contributed by atoms with Gasteiger partial charge < -0.3 is 9.88 Å². The Kier molecular flexibility index (Phi) is 5.38. The number of para-hydroxylation sites is 1. The third-order valence-corrected chi connectivity index (χ3v) is 5.04. The highest BCUT2D eigenvalue weighted by Crippen LogP contribution is 2.22. The van der Waals surface area contributed by atoms with Crippen molar-refractivity contribution in [3.8, 4) is 0 Å². The second-order valence-corrected chi connectivity index (χ2v) is 7.45. The molecule has 2 heterocycles. The molecule has 1 N–H and O–H groups in total. The number of amides is 1. The number of rotatable bonds is 6. The third-order valence-electron chi connectivity index (χ3n) is 5.04. The van der Waals surface area contributed by atoms with Crippen LogP contribution in [0.2, 0.25) is 0 Å². The smallest absolute Gasteiger partial charge is 0.252 e. The summed E-state index contributed by atoms with van der Waals surface area (Å²) in [5.41, 5.74) is 4.70. The first kappa shape index (κ1) is 18.9. The van der Waals surface area contributed by atoms with E-state index in [1.165, 1.54) is 0 Å². The van der Waals surface area contributed by atoms with Crippen LogP contribution in [-0.2, 0) is 13.1 Å². The van der Waals surface area contributed by atoms with Crippen LogP contribution < -0.4 is 5.32 Å². The predicted octanol–water partition coefficient (Wildman–Crippen LogP) is 4.53. The van der Waals surface area contributed by atoms with E-state index in [-0.39, 0.29) is 11.8 Å². The number of benzene rings is 2. The average Bonchev–Trinajstić information content (AvgIpc) is 3.25. The van der Waals surface area contributed by atoms with Crippen LogP contribution >= 0.6 is 0 Å². The first-order chi connectivity index (χ1) is 14.1. The van der Waals surface area contributed by atoms with E-state index in [1.807, 2.05) is 53.2 Å². The Morgan fingerprint density at radius 1 is 1.07 bits per heavy atom. The van der Waals surface area contributed by atoms with Gasteiger partial charge in [-0.05, 0) is 29.2 Å². The van der Waals surface area contributed by atoms with E-state index in [1.54, 1.807) is 12.5 Å². The van der Waals surface area contributed by atoms with Gasteiger partial charge in [0.1, 0.15) is 0 Å². The van der Waals surface area contributed by atoms with Crippen LogP contribution in [-0.4, -0.2) is 20.4 Å². The number of fused-ring (bicyclic) bond motifs is 1. The van der Waals surface area contributed by atoms with Crippen LogP contribution in [0.25, 0.3) is 10.9 Å². The van der Waals surface area contributed by atoms with Crippen molar-refractivity contribution in [1.82, 2.24) is 19.9 Å². The Labute approximate surface area is 170 Å². The minimum atomic E-state index is -0.0806. The lowest BCUT2D eigenvalue weighted by molar-refractivity contribution is 0.0952. The van der Waals surface area contributed by atoms with Gasteiger partial charge in [0.25, 0.3) is 5.91 Å². The Morgan fingerprint density at radius 2 is 1.83 bits per heavy atom. The normalized spacial score (nSPS) is 11.1. The van der Waals surface area contributed by atoms with Gasteiger partial charge in [0, 0.05) is 36.6 Å². The molecule has 0 radical (unpaired) electrons. The first-order valence-corrected chi connectivity index (χ1v) is 9.82. The second-order valence-electron chi connectivity index (χ2n) is 7.45. The lowest BCUT2D eigenvalue weighted by Gasteiger charge is -2.14. The molecule has 29 heavy (non-hydrogen) atoms. The number of hydrogen-bond donors (Lipinski definition) is 1. The molecule has 4 aromatic rings. The number of aromatic nitrogens is 3. The number of hydrogen-bond acceptors (Lipinski definition) is 3. The average molecular weight is 384 g/mol. The topological polar surface area (TPSA) is 59.8 Å². The minimum absolute atomic E-state index is 0.0806. The summed E-state index contributed by atoms with van der Waals surface area (Å²) in [7, 11) is 0. The summed E-state index contributed by atoms with van der Waals surface area (Å²) in [4.78, 5) is 21.9. The van der Waals surface area contributed by atoms with Gasteiger partial charge in [-0.2, -0.15) is 0 Å². The highest BCUT2D eigenvalue weighted by molar-refractivity contribution is 6.06. The Bertz CT molecular complexity index is 1130. The maximum atomic E-state index is 13.1. The molecule has 0 unspecified atom stereocenters. The van der Waals surface area contributed by atoms with Gasteiger partial charge in [-0.3, -0.25) is 9.78 Å². The van der Waals surface area contributed by atoms with Gasteiger partial charge in [0.05, 0.1) is 17.4 Å². The second kappa shape index (κ2) is 8.27. The van der Waals surface area contributed by atoms with E-state index in [4.69, 9.17) is 4.98 Å². The van der Waals surface area contributed by atoms with Crippen molar-refractivity contribution in [2.24, 2.45) is 0 Å². The van der Waals surface area contributed by atoms with Crippen molar-refractivity contribution in [1.29, 1.82) is 0 Å². The van der Waals surface area contributed by atoms with Crippen molar-refractivity contribution in [2.75, 3.05) is 0 Å². The molecule has 0 fully saturated rings. The van der Waals surface area contributed by atoms with Crippen LogP contribution in [0.15, 0.2) is 73.3 Å². The van der Waals surface area contributed by atoms with Gasteiger partial charge in [0.2, 0.25) is 0 Å². The zero-order valence-electron chi connectivity index (χ0n) is 16.7. The van der Waals surface area contributed by atoms with Gasteiger partial charge >= 0.3 is 0 Å². The highest BCUT2D eigenvalue weighted by Gasteiger charge is 2.15.